The quantitative estimate of drug-likeness (QED) is 0.866. The lowest BCUT2D eigenvalue weighted by atomic mass is 10.1. The lowest BCUT2D eigenvalue weighted by molar-refractivity contribution is -0.141. The van der Waals surface area contributed by atoms with Gasteiger partial charge in [0.2, 0.25) is 0 Å². The SMILES string of the molecule is C[C@@H](C(=O)O)N(C)C(=O)OC(C)(C)C.c1ccc(-c2ccccc2)cc1. The summed E-state index contributed by atoms with van der Waals surface area (Å²) in [6.45, 7) is 6.60. The van der Waals surface area contributed by atoms with Crippen molar-refractivity contribution in [3.8, 4) is 11.1 Å². The topological polar surface area (TPSA) is 66.8 Å². The summed E-state index contributed by atoms with van der Waals surface area (Å²) in [6, 6.07) is 19.9. The van der Waals surface area contributed by atoms with Crippen LogP contribution < -0.4 is 0 Å². The van der Waals surface area contributed by atoms with E-state index in [0.717, 1.165) is 4.90 Å². The summed E-state index contributed by atoms with van der Waals surface area (Å²) in [5, 5.41) is 8.65. The predicted molar refractivity (Wildman–Crippen MR) is 103 cm³/mol. The number of carboxylic acids is 1. The van der Waals surface area contributed by atoms with Crippen molar-refractivity contribution in [2.45, 2.75) is 39.3 Å². The van der Waals surface area contributed by atoms with Gasteiger partial charge in [0, 0.05) is 7.05 Å². The highest BCUT2D eigenvalue weighted by atomic mass is 16.6. The highest BCUT2D eigenvalue weighted by molar-refractivity contribution is 5.79. The maximum absolute atomic E-state index is 11.3. The van der Waals surface area contributed by atoms with E-state index >= 15 is 0 Å². The van der Waals surface area contributed by atoms with Crippen LogP contribution in [0.1, 0.15) is 27.7 Å². The number of benzene rings is 2. The van der Waals surface area contributed by atoms with E-state index in [1.165, 1.54) is 25.1 Å². The molecule has 0 saturated carbocycles. The Kier molecular flexibility index (Phi) is 7.84. The third-order valence-corrected chi connectivity index (χ3v) is 3.50. The molecule has 1 amide bonds. The van der Waals surface area contributed by atoms with E-state index in [1.807, 2.05) is 12.1 Å². The minimum atomic E-state index is -1.06. The van der Waals surface area contributed by atoms with Crippen LogP contribution in [0.3, 0.4) is 0 Å². The number of carbonyl (C=O) groups excluding carboxylic acids is 1. The van der Waals surface area contributed by atoms with Crippen LogP contribution in [0.15, 0.2) is 60.7 Å². The first-order chi connectivity index (χ1) is 12.1. The van der Waals surface area contributed by atoms with Crippen LogP contribution in [0.5, 0.6) is 0 Å². The highest BCUT2D eigenvalue weighted by Crippen LogP contribution is 2.17. The molecule has 0 aliphatic rings. The van der Waals surface area contributed by atoms with Gasteiger partial charge in [-0.05, 0) is 38.8 Å². The molecule has 0 aromatic heterocycles. The van der Waals surface area contributed by atoms with Gasteiger partial charge >= 0.3 is 12.1 Å². The van der Waals surface area contributed by atoms with Crippen LogP contribution in [-0.4, -0.2) is 40.8 Å². The Morgan fingerprint density at radius 2 is 1.31 bits per heavy atom. The second-order valence-electron chi connectivity index (χ2n) is 6.84. The lowest BCUT2D eigenvalue weighted by Crippen LogP contribution is -2.43. The van der Waals surface area contributed by atoms with Crippen LogP contribution >= 0.6 is 0 Å². The Balaban J connectivity index is 0.000000262. The summed E-state index contributed by atoms with van der Waals surface area (Å²) in [5.41, 5.74) is 1.94. The standard InChI is InChI=1S/C12H10.C9H17NO4/c1-3-7-11(8-4-1)12-9-5-2-6-10-12;1-6(7(11)12)10(5)8(13)14-9(2,3)4/h1-10H;6H,1-5H3,(H,11,12)/t;6-/m.0/s1. The number of amides is 1. The molecule has 0 radical (unpaired) electrons. The minimum absolute atomic E-state index is 0.608. The molecule has 2 rings (SSSR count). The van der Waals surface area contributed by atoms with Crippen LogP contribution in [0, 0.1) is 0 Å². The fourth-order valence-electron chi connectivity index (χ4n) is 1.92. The molecule has 0 aliphatic heterocycles. The molecule has 0 spiro atoms. The molecule has 140 valence electrons. The van der Waals surface area contributed by atoms with Crippen molar-refractivity contribution in [2.75, 3.05) is 7.05 Å². The van der Waals surface area contributed by atoms with Gasteiger partial charge in [-0.3, -0.25) is 4.90 Å². The van der Waals surface area contributed by atoms with E-state index in [2.05, 4.69) is 48.5 Å². The number of ether oxygens (including phenoxy) is 1. The molecule has 2 aromatic rings. The van der Waals surface area contributed by atoms with E-state index in [0.29, 0.717) is 0 Å². The van der Waals surface area contributed by atoms with Crippen molar-refractivity contribution >= 4 is 12.1 Å². The number of carbonyl (C=O) groups is 2. The van der Waals surface area contributed by atoms with Gasteiger partial charge in [0.1, 0.15) is 11.6 Å². The minimum Gasteiger partial charge on any atom is -0.480 e. The fourth-order valence-corrected chi connectivity index (χ4v) is 1.92. The van der Waals surface area contributed by atoms with Gasteiger partial charge in [0.25, 0.3) is 0 Å². The van der Waals surface area contributed by atoms with Crippen LogP contribution in [0.2, 0.25) is 0 Å². The van der Waals surface area contributed by atoms with Gasteiger partial charge in [-0.15, -0.1) is 0 Å². The summed E-state index contributed by atoms with van der Waals surface area (Å²) in [4.78, 5) is 23.0. The first-order valence-electron chi connectivity index (χ1n) is 8.41. The monoisotopic (exact) mass is 357 g/mol. The van der Waals surface area contributed by atoms with Crippen molar-refractivity contribution in [2.24, 2.45) is 0 Å². The molecule has 2 aromatic carbocycles. The second-order valence-corrected chi connectivity index (χ2v) is 6.84. The van der Waals surface area contributed by atoms with E-state index in [1.54, 1.807) is 20.8 Å². The van der Waals surface area contributed by atoms with Crippen molar-refractivity contribution in [3.63, 3.8) is 0 Å². The van der Waals surface area contributed by atoms with Crippen LogP contribution in [0.25, 0.3) is 11.1 Å². The first kappa shape index (κ1) is 21.2. The van der Waals surface area contributed by atoms with E-state index in [-0.39, 0.29) is 0 Å². The van der Waals surface area contributed by atoms with E-state index < -0.39 is 23.7 Å². The van der Waals surface area contributed by atoms with E-state index in [9.17, 15) is 9.59 Å². The Bertz CT molecular complexity index is 655. The zero-order chi connectivity index (χ0) is 19.7. The van der Waals surface area contributed by atoms with Gasteiger partial charge in [0.15, 0.2) is 0 Å². The lowest BCUT2D eigenvalue weighted by Gasteiger charge is -2.26. The van der Waals surface area contributed by atoms with Crippen LogP contribution in [-0.2, 0) is 9.53 Å². The Labute approximate surface area is 155 Å². The summed E-state index contributed by atoms with van der Waals surface area (Å²) in [6.07, 6.45) is -0.632. The molecule has 0 unspecified atom stereocenters. The zero-order valence-electron chi connectivity index (χ0n) is 16.0. The summed E-state index contributed by atoms with van der Waals surface area (Å²) in [7, 11) is 1.40. The van der Waals surface area contributed by atoms with Crippen molar-refractivity contribution in [1.82, 2.24) is 4.90 Å². The average Bonchev–Trinajstić information content (AvgIpc) is 2.61. The summed E-state index contributed by atoms with van der Waals surface area (Å²) >= 11 is 0. The predicted octanol–water partition coefficient (Wildman–Crippen LogP) is 4.68. The molecule has 1 N–H and O–H groups in total. The molecule has 26 heavy (non-hydrogen) atoms. The average molecular weight is 357 g/mol. The Morgan fingerprint density at radius 1 is 0.923 bits per heavy atom. The largest absolute Gasteiger partial charge is 0.480 e. The fraction of sp³-hybridized carbons (Fsp3) is 0.333. The van der Waals surface area contributed by atoms with Gasteiger partial charge in [-0.1, -0.05) is 60.7 Å². The molecular formula is C21H27NO4. The van der Waals surface area contributed by atoms with Gasteiger partial charge in [0.05, 0.1) is 0 Å². The number of hydrogen-bond donors (Lipinski definition) is 1. The molecule has 5 nitrogen and oxygen atoms in total. The Morgan fingerprint density at radius 3 is 1.62 bits per heavy atom. The summed E-state index contributed by atoms with van der Waals surface area (Å²) < 4.78 is 4.99. The molecule has 0 heterocycles. The molecule has 5 heteroatoms. The third kappa shape index (κ3) is 7.38. The number of aliphatic carboxylic acids is 1. The number of rotatable bonds is 3. The molecule has 0 aliphatic carbocycles. The smallest absolute Gasteiger partial charge is 0.410 e. The number of likely N-dealkylation sites (N-methyl/N-ethyl adjacent to an activating group) is 1. The number of nitrogens with zero attached hydrogens (tertiary/aromatic N) is 1. The molecular weight excluding hydrogens is 330 g/mol. The van der Waals surface area contributed by atoms with Crippen molar-refractivity contribution in [1.29, 1.82) is 0 Å². The molecule has 0 bridgehead atoms. The third-order valence-electron chi connectivity index (χ3n) is 3.50. The van der Waals surface area contributed by atoms with E-state index in [4.69, 9.17) is 9.84 Å². The first-order valence-corrected chi connectivity index (χ1v) is 8.41. The normalized spacial score (nSPS) is 11.6. The molecule has 0 saturated heterocycles. The maximum Gasteiger partial charge on any atom is 0.410 e. The highest BCUT2D eigenvalue weighted by Gasteiger charge is 2.26. The summed E-state index contributed by atoms with van der Waals surface area (Å²) in [5.74, 6) is -1.06. The number of hydrogen-bond acceptors (Lipinski definition) is 3. The maximum atomic E-state index is 11.3. The van der Waals surface area contributed by atoms with Gasteiger partial charge in [-0.2, -0.15) is 0 Å². The Hall–Kier alpha value is -2.82. The van der Waals surface area contributed by atoms with Crippen molar-refractivity contribution in [3.05, 3.63) is 60.7 Å². The number of carboxylic acid groups (broad SMARTS) is 1. The molecule has 0 fully saturated rings. The second kappa shape index (κ2) is 9.61. The zero-order valence-corrected chi connectivity index (χ0v) is 16.0. The van der Waals surface area contributed by atoms with Crippen LogP contribution in [0.4, 0.5) is 4.79 Å². The van der Waals surface area contributed by atoms with Gasteiger partial charge < -0.3 is 9.84 Å². The van der Waals surface area contributed by atoms with Crippen molar-refractivity contribution < 1.29 is 19.4 Å². The van der Waals surface area contributed by atoms with Gasteiger partial charge in [-0.25, -0.2) is 9.59 Å². The molecule has 1 atom stereocenters.